The molecule has 130 valence electrons. The number of amides is 1. The zero-order valence-electron chi connectivity index (χ0n) is 15.1. The van der Waals surface area contributed by atoms with Gasteiger partial charge < -0.3 is 4.57 Å². The summed E-state index contributed by atoms with van der Waals surface area (Å²) in [5.41, 5.74) is 4.83. The minimum atomic E-state index is -0.0870. The summed E-state index contributed by atoms with van der Waals surface area (Å²) in [5, 5.41) is 0. The van der Waals surface area contributed by atoms with Crippen molar-refractivity contribution in [2.75, 3.05) is 0 Å². The predicted molar refractivity (Wildman–Crippen MR) is 105 cm³/mol. The van der Waals surface area contributed by atoms with Crippen molar-refractivity contribution in [1.82, 2.24) is 4.57 Å². The van der Waals surface area contributed by atoms with Gasteiger partial charge in [-0.3, -0.25) is 4.79 Å². The normalized spacial score (nSPS) is 12.0. The number of fused-ring (bicyclic) bond motifs is 1. The Morgan fingerprint density at radius 1 is 1.00 bits per heavy atom. The van der Waals surface area contributed by atoms with Crippen molar-refractivity contribution >= 4 is 27.5 Å². The van der Waals surface area contributed by atoms with Crippen LogP contribution in [0.25, 0.3) is 10.2 Å². The van der Waals surface area contributed by atoms with Crippen LogP contribution in [0, 0.1) is 0 Å². The maximum absolute atomic E-state index is 12.5. The molecule has 2 aromatic carbocycles. The van der Waals surface area contributed by atoms with E-state index in [0.717, 1.165) is 29.8 Å². The highest BCUT2D eigenvalue weighted by Gasteiger charge is 2.10. The van der Waals surface area contributed by atoms with E-state index in [1.54, 1.807) is 11.3 Å². The number of para-hydroxylation sites is 1. The molecule has 3 nitrogen and oxygen atoms in total. The number of carbonyl (C=O) groups is 1. The van der Waals surface area contributed by atoms with Gasteiger partial charge in [-0.2, -0.15) is 4.99 Å². The van der Waals surface area contributed by atoms with Crippen molar-refractivity contribution in [1.29, 1.82) is 0 Å². The molecule has 1 aromatic heterocycles. The second-order valence-electron chi connectivity index (χ2n) is 6.10. The summed E-state index contributed by atoms with van der Waals surface area (Å²) < 4.78 is 3.36. The lowest BCUT2D eigenvalue weighted by molar-refractivity contribution is -0.117. The number of hydrogen-bond donors (Lipinski definition) is 0. The van der Waals surface area contributed by atoms with Crippen molar-refractivity contribution in [2.45, 2.75) is 46.6 Å². The van der Waals surface area contributed by atoms with Crippen molar-refractivity contribution < 1.29 is 4.79 Å². The average Bonchev–Trinajstić information content (AvgIpc) is 2.99. The third-order valence-electron chi connectivity index (χ3n) is 4.49. The van der Waals surface area contributed by atoms with Crippen LogP contribution in [-0.2, 0) is 30.6 Å². The van der Waals surface area contributed by atoms with E-state index in [9.17, 15) is 4.79 Å². The standard InChI is InChI=1S/C21H24N2OS/c1-4-15-10-12-16(13-11-15)14-19(24)22-21-23(6-3)20-17(5-2)8-7-9-18(20)25-21/h7-13H,4-6,14H2,1-3H3. The van der Waals surface area contributed by atoms with Gasteiger partial charge in [0, 0.05) is 6.54 Å². The summed E-state index contributed by atoms with van der Waals surface area (Å²) in [7, 11) is 0. The predicted octanol–water partition coefficient (Wildman–Crippen LogP) is 4.52. The van der Waals surface area contributed by atoms with Gasteiger partial charge >= 0.3 is 0 Å². The summed E-state index contributed by atoms with van der Waals surface area (Å²) in [6.07, 6.45) is 2.34. The van der Waals surface area contributed by atoms with Crippen molar-refractivity contribution in [2.24, 2.45) is 4.99 Å². The number of benzene rings is 2. The average molecular weight is 353 g/mol. The number of thiazole rings is 1. The molecule has 0 aliphatic rings. The Kier molecular flexibility index (Phi) is 5.49. The quantitative estimate of drug-likeness (QED) is 0.665. The van der Waals surface area contributed by atoms with Gasteiger partial charge in [-0.25, -0.2) is 0 Å². The van der Waals surface area contributed by atoms with Crippen LogP contribution in [0.4, 0.5) is 0 Å². The number of rotatable bonds is 5. The molecule has 25 heavy (non-hydrogen) atoms. The van der Waals surface area contributed by atoms with E-state index >= 15 is 0 Å². The summed E-state index contributed by atoms with van der Waals surface area (Å²) in [6.45, 7) is 7.21. The van der Waals surface area contributed by atoms with Gasteiger partial charge in [-0.15, -0.1) is 0 Å². The maximum atomic E-state index is 12.5. The zero-order valence-corrected chi connectivity index (χ0v) is 15.9. The fraction of sp³-hybridized carbons (Fsp3) is 0.333. The van der Waals surface area contributed by atoms with Crippen molar-refractivity contribution in [3.8, 4) is 0 Å². The molecule has 0 aliphatic carbocycles. The third kappa shape index (κ3) is 3.74. The van der Waals surface area contributed by atoms with Crippen LogP contribution in [-0.4, -0.2) is 10.5 Å². The SMILES string of the molecule is CCc1ccc(CC(=O)N=c2sc3cccc(CC)c3n2CC)cc1. The summed E-state index contributed by atoms with van der Waals surface area (Å²) in [4.78, 5) is 17.7. The van der Waals surface area contributed by atoms with Gasteiger partial charge in [0.1, 0.15) is 0 Å². The Balaban J connectivity index is 1.95. The first-order valence-electron chi connectivity index (χ1n) is 8.92. The van der Waals surface area contributed by atoms with E-state index < -0.39 is 0 Å². The molecule has 3 rings (SSSR count). The molecule has 0 bridgehead atoms. The molecule has 0 saturated heterocycles. The smallest absolute Gasteiger partial charge is 0.252 e. The molecular formula is C21H24N2OS. The van der Waals surface area contributed by atoms with Crippen LogP contribution in [0.1, 0.15) is 37.5 Å². The molecule has 0 fully saturated rings. The van der Waals surface area contributed by atoms with E-state index in [2.05, 4.69) is 60.7 Å². The highest BCUT2D eigenvalue weighted by atomic mass is 32.1. The van der Waals surface area contributed by atoms with Gasteiger partial charge in [0.25, 0.3) is 5.91 Å². The van der Waals surface area contributed by atoms with Crippen LogP contribution in [0.5, 0.6) is 0 Å². The second-order valence-corrected chi connectivity index (χ2v) is 7.11. The van der Waals surface area contributed by atoms with Gasteiger partial charge in [-0.1, -0.05) is 61.6 Å². The Hall–Kier alpha value is -2.20. The van der Waals surface area contributed by atoms with E-state index in [0.29, 0.717) is 6.42 Å². The van der Waals surface area contributed by atoms with Crippen LogP contribution < -0.4 is 4.80 Å². The molecule has 1 heterocycles. The second kappa shape index (κ2) is 7.79. The van der Waals surface area contributed by atoms with E-state index in [4.69, 9.17) is 0 Å². The Morgan fingerprint density at radius 2 is 1.72 bits per heavy atom. The van der Waals surface area contributed by atoms with Crippen LogP contribution in [0.3, 0.4) is 0 Å². The van der Waals surface area contributed by atoms with Crippen LogP contribution >= 0.6 is 11.3 Å². The van der Waals surface area contributed by atoms with Crippen molar-refractivity contribution in [3.63, 3.8) is 0 Å². The first-order valence-corrected chi connectivity index (χ1v) is 9.74. The van der Waals surface area contributed by atoms with Gasteiger partial charge in [0.15, 0.2) is 4.80 Å². The molecule has 0 saturated carbocycles. The zero-order chi connectivity index (χ0) is 17.8. The highest BCUT2D eigenvalue weighted by Crippen LogP contribution is 2.22. The number of nitrogens with zero attached hydrogens (tertiary/aromatic N) is 2. The lowest BCUT2D eigenvalue weighted by Gasteiger charge is -2.05. The molecular weight excluding hydrogens is 328 g/mol. The highest BCUT2D eigenvalue weighted by molar-refractivity contribution is 7.16. The number of aryl methyl sites for hydroxylation is 3. The molecule has 0 spiro atoms. The van der Waals surface area contributed by atoms with Crippen LogP contribution in [0.15, 0.2) is 47.5 Å². The molecule has 4 heteroatoms. The molecule has 0 unspecified atom stereocenters. The summed E-state index contributed by atoms with van der Waals surface area (Å²) in [6, 6.07) is 14.6. The molecule has 3 aromatic rings. The fourth-order valence-corrected chi connectivity index (χ4v) is 4.24. The Labute approximate surface area is 152 Å². The largest absolute Gasteiger partial charge is 0.316 e. The molecule has 0 radical (unpaired) electrons. The molecule has 0 N–H and O–H groups in total. The van der Waals surface area contributed by atoms with Crippen molar-refractivity contribution in [3.05, 3.63) is 64.0 Å². The van der Waals surface area contributed by atoms with Crippen LogP contribution in [0.2, 0.25) is 0 Å². The number of aromatic nitrogens is 1. The molecule has 0 atom stereocenters. The minimum Gasteiger partial charge on any atom is -0.316 e. The summed E-state index contributed by atoms with van der Waals surface area (Å²) >= 11 is 1.60. The molecule has 0 aliphatic heterocycles. The lowest BCUT2D eigenvalue weighted by atomic mass is 10.1. The van der Waals surface area contributed by atoms with E-state index in [1.165, 1.54) is 21.3 Å². The first-order chi connectivity index (χ1) is 12.2. The van der Waals surface area contributed by atoms with Gasteiger partial charge in [0.05, 0.1) is 16.6 Å². The topological polar surface area (TPSA) is 34.4 Å². The fourth-order valence-electron chi connectivity index (χ4n) is 3.08. The number of carbonyl (C=O) groups excluding carboxylic acids is 1. The first kappa shape index (κ1) is 17.6. The third-order valence-corrected chi connectivity index (χ3v) is 5.53. The number of hydrogen-bond acceptors (Lipinski definition) is 2. The van der Waals surface area contributed by atoms with E-state index in [1.807, 2.05) is 12.1 Å². The van der Waals surface area contributed by atoms with Gasteiger partial charge in [-0.05, 0) is 42.5 Å². The molecule has 1 amide bonds. The Morgan fingerprint density at radius 3 is 2.36 bits per heavy atom. The monoisotopic (exact) mass is 352 g/mol. The lowest BCUT2D eigenvalue weighted by Crippen LogP contribution is -2.17. The minimum absolute atomic E-state index is 0.0870. The Bertz CT molecular complexity index is 948. The summed E-state index contributed by atoms with van der Waals surface area (Å²) in [5.74, 6) is -0.0870. The van der Waals surface area contributed by atoms with Gasteiger partial charge in [0.2, 0.25) is 0 Å². The maximum Gasteiger partial charge on any atom is 0.252 e. The van der Waals surface area contributed by atoms with E-state index in [-0.39, 0.29) is 5.91 Å².